The van der Waals surface area contributed by atoms with Gasteiger partial charge in [-0.2, -0.15) is 16.8 Å². The molecule has 0 saturated heterocycles. The summed E-state index contributed by atoms with van der Waals surface area (Å²) in [5.41, 5.74) is -1.22. The predicted octanol–water partition coefficient (Wildman–Crippen LogP) is 1.19. The standard InChI is InChI=1S/C14H12F2O8S3.Na/c15-13-3-1-11(5-9(13)7-25(17,18)19)27(23,24)12-2-4-14(16)10(6-12)8-26(20,21)22;/h1-6H,7-8H2,(H,17,18,19)(H,20,21,22);. The number of sulfone groups is 1. The van der Waals surface area contributed by atoms with Gasteiger partial charge in [-0.3, -0.25) is 9.11 Å². The first-order chi connectivity index (χ1) is 12.2. The molecule has 0 fully saturated rings. The van der Waals surface area contributed by atoms with Crippen molar-refractivity contribution in [2.45, 2.75) is 21.3 Å². The van der Waals surface area contributed by atoms with Crippen LogP contribution in [0.25, 0.3) is 0 Å². The van der Waals surface area contributed by atoms with E-state index in [1.165, 1.54) is 0 Å². The Kier molecular flexibility index (Phi) is 7.92. The van der Waals surface area contributed by atoms with E-state index < -0.39 is 74.1 Å². The van der Waals surface area contributed by atoms with E-state index in [1.54, 1.807) is 0 Å². The van der Waals surface area contributed by atoms with E-state index in [4.69, 9.17) is 9.11 Å². The van der Waals surface area contributed by atoms with Crippen LogP contribution in [0.2, 0.25) is 0 Å². The van der Waals surface area contributed by atoms with Gasteiger partial charge < -0.3 is 0 Å². The van der Waals surface area contributed by atoms with Crippen LogP contribution < -0.4 is 0 Å². The van der Waals surface area contributed by atoms with Crippen LogP contribution in [0.3, 0.4) is 0 Å². The van der Waals surface area contributed by atoms with Crippen molar-refractivity contribution in [2.24, 2.45) is 0 Å². The van der Waals surface area contributed by atoms with Crippen molar-refractivity contribution in [3.63, 3.8) is 0 Å². The van der Waals surface area contributed by atoms with Crippen molar-refractivity contribution >= 4 is 59.6 Å². The number of hydrogen-bond acceptors (Lipinski definition) is 6. The fourth-order valence-corrected chi connectivity index (χ4v) is 4.78. The Hall–Kier alpha value is -0.930. The van der Waals surface area contributed by atoms with E-state index in [2.05, 4.69) is 0 Å². The van der Waals surface area contributed by atoms with E-state index >= 15 is 0 Å². The Labute approximate surface area is 182 Å². The summed E-state index contributed by atoms with van der Waals surface area (Å²) in [5, 5.41) is 0. The monoisotopic (exact) mass is 465 g/mol. The summed E-state index contributed by atoms with van der Waals surface area (Å²) < 4.78 is 114. The molecule has 0 aliphatic rings. The van der Waals surface area contributed by atoms with Gasteiger partial charge in [0.15, 0.2) is 0 Å². The van der Waals surface area contributed by atoms with E-state index in [-0.39, 0.29) is 29.6 Å². The third-order valence-electron chi connectivity index (χ3n) is 3.33. The zero-order chi connectivity index (χ0) is 20.6. The minimum atomic E-state index is -4.64. The SMILES string of the molecule is O=S(=O)(O)Cc1cc(S(=O)(=O)c2ccc(F)c(CS(=O)(=O)O)c2)ccc1F.[Na]. The largest absolute Gasteiger partial charge is 0.285 e. The second-order valence-electron chi connectivity index (χ2n) is 5.46. The third kappa shape index (κ3) is 6.56. The summed E-state index contributed by atoms with van der Waals surface area (Å²) >= 11 is 0. The summed E-state index contributed by atoms with van der Waals surface area (Å²) in [5.74, 6) is -4.48. The average molecular weight is 465 g/mol. The molecule has 0 aliphatic carbocycles. The van der Waals surface area contributed by atoms with Crippen LogP contribution in [0.4, 0.5) is 8.78 Å². The zero-order valence-corrected chi connectivity index (χ0v) is 18.7. The molecule has 0 heterocycles. The fraction of sp³-hybridized carbons (Fsp3) is 0.143. The first-order valence-electron chi connectivity index (χ1n) is 6.91. The summed E-state index contributed by atoms with van der Waals surface area (Å²) in [6.45, 7) is 0. The van der Waals surface area contributed by atoms with Gasteiger partial charge in [0.25, 0.3) is 20.2 Å². The maximum Gasteiger partial charge on any atom is 0.269 e. The molecule has 2 aromatic carbocycles. The molecule has 0 aliphatic heterocycles. The van der Waals surface area contributed by atoms with Crippen LogP contribution in [-0.2, 0) is 41.6 Å². The fourth-order valence-electron chi connectivity index (χ4n) is 2.19. The molecule has 28 heavy (non-hydrogen) atoms. The predicted molar refractivity (Wildman–Crippen MR) is 94.5 cm³/mol. The summed E-state index contributed by atoms with van der Waals surface area (Å²) in [4.78, 5) is -1.13. The van der Waals surface area contributed by atoms with Gasteiger partial charge in [0, 0.05) is 40.7 Å². The van der Waals surface area contributed by atoms with Crippen LogP contribution in [0, 0.1) is 11.6 Å². The smallest absolute Gasteiger partial charge is 0.269 e. The molecule has 8 nitrogen and oxygen atoms in total. The summed E-state index contributed by atoms with van der Waals surface area (Å²) in [6.07, 6.45) is 0. The molecule has 0 aromatic heterocycles. The van der Waals surface area contributed by atoms with Crippen LogP contribution in [0.5, 0.6) is 0 Å². The molecular weight excluding hydrogens is 453 g/mol. The Balaban J connectivity index is 0.00000392. The van der Waals surface area contributed by atoms with Crippen LogP contribution in [-0.4, -0.2) is 63.9 Å². The molecular formula is C14H12F2NaO8S3. The number of benzene rings is 2. The average Bonchev–Trinajstić information content (AvgIpc) is 2.48. The third-order valence-corrected chi connectivity index (χ3v) is 6.43. The van der Waals surface area contributed by atoms with E-state index in [0.717, 1.165) is 12.1 Å². The second kappa shape index (κ2) is 8.83. The van der Waals surface area contributed by atoms with Gasteiger partial charge in [0.1, 0.15) is 23.1 Å². The number of halogens is 2. The minimum Gasteiger partial charge on any atom is -0.285 e. The van der Waals surface area contributed by atoms with Gasteiger partial charge in [0.2, 0.25) is 9.84 Å². The zero-order valence-electron chi connectivity index (χ0n) is 14.2. The van der Waals surface area contributed by atoms with E-state index in [9.17, 15) is 34.0 Å². The topological polar surface area (TPSA) is 143 Å². The molecule has 14 heteroatoms. The van der Waals surface area contributed by atoms with Crippen molar-refractivity contribution in [2.75, 3.05) is 0 Å². The normalized spacial score (nSPS) is 12.4. The van der Waals surface area contributed by atoms with Crippen LogP contribution in [0.15, 0.2) is 46.2 Å². The van der Waals surface area contributed by atoms with Gasteiger partial charge in [-0.1, -0.05) is 0 Å². The van der Waals surface area contributed by atoms with Crippen LogP contribution in [0.1, 0.15) is 11.1 Å². The van der Waals surface area contributed by atoms with Gasteiger partial charge in [-0.15, -0.1) is 0 Å². The van der Waals surface area contributed by atoms with E-state index in [0.29, 0.717) is 24.3 Å². The van der Waals surface area contributed by atoms with Gasteiger partial charge >= 0.3 is 0 Å². The van der Waals surface area contributed by atoms with Gasteiger partial charge in [-0.05, 0) is 36.4 Å². The minimum absolute atomic E-state index is 0. The Morgan fingerprint density at radius 3 is 1.29 bits per heavy atom. The maximum atomic E-state index is 13.7. The van der Waals surface area contributed by atoms with Gasteiger partial charge in [0.05, 0.1) is 9.79 Å². The second-order valence-corrected chi connectivity index (χ2v) is 10.3. The van der Waals surface area contributed by atoms with Crippen molar-refractivity contribution in [1.29, 1.82) is 0 Å². The number of hydrogen-bond donors (Lipinski definition) is 2. The molecule has 0 unspecified atom stereocenters. The molecule has 2 aromatic rings. The molecule has 2 N–H and O–H groups in total. The molecule has 1 radical (unpaired) electrons. The molecule has 0 amide bonds. The number of rotatable bonds is 6. The van der Waals surface area contributed by atoms with Crippen molar-refractivity contribution in [3.8, 4) is 0 Å². The summed E-state index contributed by atoms with van der Waals surface area (Å²) in [7, 11) is -13.7. The molecule has 0 saturated carbocycles. The Bertz CT molecular complexity index is 1120. The first kappa shape index (κ1) is 25.1. The van der Waals surface area contributed by atoms with E-state index in [1.807, 2.05) is 0 Å². The molecule has 2 rings (SSSR count). The van der Waals surface area contributed by atoms with Gasteiger partial charge in [-0.25, -0.2) is 17.2 Å². The van der Waals surface area contributed by atoms with Crippen molar-refractivity contribution < 1.29 is 43.1 Å². The molecule has 0 bridgehead atoms. The molecule has 0 atom stereocenters. The van der Waals surface area contributed by atoms with Crippen molar-refractivity contribution in [1.82, 2.24) is 0 Å². The van der Waals surface area contributed by atoms with Crippen molar-refractivity contribution in [3.05, 3.63) is 59.2 Å². The van der Waals surface area contributed by atoms with Crippen LogP contribution >= 0.6 is 0 Å². The molecule has 149 valence electrons. The summed E-state index contributed by atoms with van der Waals surface area (Å²) in [6, 6.07) is 4.37. The maximum absolute atomic E-state index is 13.7. The quantitative estimate of drug-likeness (QED) is 0.368. The molecule has 0 spiro atoms. The Morgan fingerprint density at radius 1 is 0.679 bits per heavy atom. The first-order valence-corrected chi connectivity index (χ1v) is 11.6. The Morgan fingerprint density at radius 2 is 1.00 bits per heavy atom.